The molecule has 1 aromatic carbocycles. The third-order valence-electron chi connectivity index (χ3n) is 6.09. The van der Waals surface area contributed by atoms with Crippen LogP contribution in [0.4, 0.5) is 0 Å². The molecule has 2 aromatic rings. The Morgan fingerprint density at radius 1 is 1.34 bits per heavy atom. The second-order valence-corrected chi connectivity index (χ2v) is 8.50. The number of aryl methyl sites for hydroxylation is 1. The standard InChI is InChI=1S/C21H27ClN4O3/c1-25-18(5-9-24-25)20(28)23-13-17-4-6-21(29-17)7-10-26(11-8-21)14-15-12-16(22)2-3-19(15)27/h2-3,5,9,12,17,27H,4,6-8,10-11,13-14H2,1H3,(H,23,28). The van der Waals surface area contributed by atoms with Crippen LogP contribution < -0.4 is 5.32 Å². The van der Waals surface area contributed by atoms with Gasteiger partial charge in [0.25, 0.3) is 5.91 Å². The number of hydrogen-bond acceptors (Lipinski definition) is 5. The van der Waals surface area contributed by atoms with Crippen LogP contribution in [-0.2, 0) is 18.3 Å². The van der Waals surface area contributed by atoms with Gasteiger partial charge in [-0.05, 0) is 49.9 Å². The topological polar surface area (TPSA) is 79.6 Å². The summed E-state index contributed by atoms with van der Waals surface area (Å²) in [7, 11) is 1.76. The lowest BCUT2D eigenvalue weighted by atomic mass is 9.88. The monoisotopic (exact) mass is 418 g/mol. The van der Waals surface area contributed by atoms with Crippen LogP contribution in [0.25, 0.3) is 0 Å². The van der Waals surface area contributed by atoms with Gasteiger partial charge in [-0.3, -0.25) is 14.4 Å². The number of benzene rings is 1. The van der Waals surface area contributed by atoms with Gasteiger partial charge in [0.1, 0.15) is 11.4 Å². The SMILES string of the molecule is Cn1nccc1C(=O)NCC1CCC2(CCN(Cc3cc(Cl)ccc3O)CC2)O1. The molecule has 0 aliphatic carbocycles. The summed E-state index contributed by atoms with van der Waals surface area (Å²) in [6.45, 7) is 3.04. The fourth-order valence-corrected chi connectivity index (χ4v) is 4.54. The number of hydrogen-bond donors (Lipinski definition) is 2. The number of phenols is 1. The summed E-state index contributed by atoms with van der Waals surface area (Å²) in [6, 6.07) is 6.88. The molecule has 0 bridgehead atoms. The van der Waals surface area contributed by atoms with Gasteiger partial charge in [-0.15, -0.1) is 0 Å². The Morgan fingerprint density at radius 3 is 2.86 bits per heavy atom. The first-order chi connectivity index (χ1) is 13.9. The smallest absolute Gasteiger partial charge is 0.269 e. The van der Waals surface area contributed by atoms with E-state index in [1.165, 1.54) is 0 Å². The first-order valence-corrected chi connectivity index (χ1v) is 10.5. The Hall–Kier alpha value is -2.09. The van der Waals surface area contributed by atoms with E-state index in [9.17, 15) is 9.90 Å². The number of piperidine rings is 1. The highest BCUT2D eigenvalue weighted by Gasteiger charge is 2.42. The number of ether oxygens (including phenoxy) is 1. The van der Waals surface area contributed by atoms with Crippen LogP contribution in [0.15, 0.2) is 30.5 Å². The number of carbonyl (C=O) groups excluding carboxylic acids is 1. The second-order valence-electron chi connectivity index (χ2n) is 8.06. The van der Waals surface area contributed by atoms with Gasteiger partial charge >= 0.3 is 0 Å². The second kappa shape index (κ2) is 8.34. The third-order valence-corrected chi connectivity index (χ3v) is 6.32. The number of nitrogens with zero attached hydrogens (tertiary/aromatic N) is 3. The quantitative estimate of drug-likeness (QED) is 0.780. The summed E-state index contributed by atoms with van der Waals surface area (Å²) in [6.07, 6.45) is 5.57. The Bertz CT molecular complexity index is 877. The van der Waals surface area contributed by atoms with Crippen molar-refractivity contribution in [1.82, 2.24) is 20.0 Å². The molecule has 8 heteroatoms. The lowest BCUT2D eigenvalue weighted by Crippen LogP contribution is -2.45. The summed E-state index contributed by atoms with van der Waals surface area (Å²) in [5.74, 6) is 0.168. The van der Waals surface area contributed by atoms with Crippen LogP contribution >= 0.6 is 11.6 Å². The van der Waals surface area contributed by atoms with Gasteiger partial charge in [-0.25, -0.2) is 0 Å². The Balaban J connectivity index is 1.26. The van der Waals surface area contributed by atoms with Crippen LogP contribution in [-0.4, -0.2) is 57.0 Å². The average Bonchev–Trinajstić information content (AvgIpc) is 3.31. The van der Waals surface area contributed by atoms with E-state index in [-0.39, 0.29) is 23.4 Å². The summed E-state index contributed by atoms with van der Waals surface area (Å²) in [5.41, 5.74) is 1.32. The van der Waals surface area contributed by atoms with Gasteiger partial charge in [0, 0.05) is 50.0 Å². The zero-order valence-corrected chi connectivity index (χ0v) is 17.4. The number of aromatic hydroxyl groups is 1. The lowest BCUT2D eigenvalue weighted by Gasteiger charge is -2.39. The molecule has 1 unspecified atom stereocenters. The normalized spacial score (nSPS) is 21.5. The van der Waals surface area contributed by atoms with Gasteiger partial charge in [0.15, 0.2) is 0 Å². The van der Waals surface area contributed by atoms with Crippen LogP contribution in [0, 0.1) is 0 Å². The number of rotatable bonds is 5. The van der Waals surface area contributed by atoms with E-state index in [1.807, 2.05) is 6.07 Å². The van der Waals surface area contributed by atoms with Crippen LogP contribution in [0.2, 0.25) is 5.02 Å². The summed E-state index contributed by atoms with van der Waals surface area (Å²) >= 11 is 6.06. The number of halogens is 1. The van der Waals surface area contributed by atoms with E-state index in [0.29, 0.717) is 23.8 Å². The van der Waals surface area contributed by atoms with Crippen molar-refractivity contribution in [3.05, 3.63) is 46.7 Å². The highest BCUT2D eigenvalue weighted by Crippen LogP contribution is 2.39. The molecular weight excluding hydrogens is 392 g/mol. The molecule has 1 aromatic heterocycles. The number of nitrogens with one attached hydrogen (secondary N) is 1. The Kier molecular flexibility index (Phi) is 5.81. The number of likely N-dealkylation sites (tertiary alicyclic amines) is 1. The van der Waals surface area contributed by atoms with E-state index < -0.39 is 0 Å². The minimum absolute atomic E-state index is 0.0516. The molecule has 3 heterocycles. The van der Waals surface area contributed by atoms with Crippen LogP contribution in [0.3, 0.4) is 0 Å². The number of phenolic OH excluding ortho intramolecular Hbond substituents is 1. The highest BCUT2D eigenvalue weighted by molar-refractivity contribution is 6.30. The zero-order chi connectivity index (χ0) is 20.4. The third kappa shape index (κ3) is 4.57. The van der Waals surface area contributed by atoms with Crippen molar-refractivity contribution in [2.45, 2.75) is 43.9 Å². The largest absolute Gasteiger partial charge is 0.508 e. The molecule has 2 fully saturated rings. The molecule has 2 aliphatic rings. The molecule has 1 atom stereocenters. The molecule has 2 aliphatic heterocycles. The molecule has 0 saturated carbocycles. The summed E-state index contributed by atoms with van der Waals surface area (Å²) in [4.78, 5) is 14.6. The highest BCUT2D eigenvalue weighted by atomic mass is 35.5. The van der Waals surface area contributed by atoms with Gasteiger partial charge in [0.05, 0.1) is 11.7 Å². The van der Waals surface area contributed by atoms with Crippen molar-refractivity contribution in [2.24, 2.45) is 7.05 Å². The Morgan fingerprint density at radius 2 is 2.14 bits per heavy atom. The minimum atomic E-state index is -0.120. The fourth-order valence-electron chi connectivity index (χ4n) is 4.34. The van der Waals surface area contributed by atoms with Gasteiger partial charge in [-0.2, -0.15) is 5.10 Å². The summed E-state index contributed by atoms with van der Waals surface area (Å²) < 4.78 is 7.96. The molecule has 29 heavy (non-hydrogen) atoms. The molecule has 7 nitrogen and oxygen atoms in total. The zero-order valence-electron chi connectivity index (χ0n) is 16.6. The van der Waals surface area contributed by atoms with Crippen molar-refractivity contribution in [3.63, 3.8) is 0 Å². The molecule has 1 spiro atoms. The molecule has 156 valence electrons. The van der Waals surface area contributed by atoms with Crippen molar-refractivity contribution in [2.75, 3.05) is 19.6 Å². The van der Waals surface area contributed by atoms with Crippen molar-refractivity contribution in [1.29, 1.82) is 0 Å². The number of amides is 1. The predicted octanol–water partition coefficient (Wildman–Crippen LogP) is 2.72. The van der Waals surface area contributed by atoms with E-state index in [2.05, 4.69) is 15.3 Å². The van der Waals surface area contributed by atoms with Crippen LogP contribution in [0.1, 0.15) is 41.7 Å². The molecule has 2 N–H and O–H groups in total. The van der Waals surface area contributed by atoms with E-state index in [4.69, 9.17) is 16.3 Å². The minimum Gasteiger partial charge on any atom is -0.508 e. The Labute approximate surface area is 175 Å². The van der Waals surface area contributed by atoms with Gasteiger partial charge < -0.3 is 15.2 Å². The van der Waals surface area contributed by atoms with E-state index >= 15 is 0 Å². The average molecular weight is 419 g/mol. The maximum atomic E-state index is 12.3. The molecule has 4 rings (SSSR count). The maximum Gasteiger partial charge on any atom is 0.269 e. The number of aromatic nitrogens is 2. The molecule has 1 amide bonds. The molecule has 2 saturated heterocycles. The molecule has 0 radical (unpaired) electrons. The maximum absolute atomic E-state index is 12.3. The lowest BCUT2D eigenvalue weighted by molar-refractivity contribution is -0.0765. The summed E-state index contributed by atoms with van der Waals surface area (Å²) in [5, 5.41) is 17.7. The fraction of sp³-hybridized carbons (Fsp3) is 0.524. The molecular formula is C21H27ClN4O3. The first kappa shape index (κ1) is 20.2. The van der Waals surface area contributed by atoms with Crippen molar-refractivity contribution < 1.29 is 14.6 Å². The van der Waals surface area contributed by atoms with Gasteiger partial charge in [-0.1, -0.05) is 11.6 Å². The number of carbonyl (C=O) groups is 1. The van der Waals surface area contributed by atoms with Crippen molar-refractivity contribution >= 4 is 17.5 Å². The van der Waals surface area contributed by atoms with Gasteiger partial charge in [0.2, 0.25) is 0 Å². The van der Waals surface area contributed by atoms with E-state index in [1.54, 1.807) is 36.1 Å². The predicted molar refractivity (Wildman–Crippen MR) is 110 cm³/mol. The first-order valence-electron chi connectivity index (χ1n) is 10.1. The van der Waals surface area contributed by atoms with Crippen LogP contribution in [0.5, 0.6) is 5.75 Å². The van der Waals surface area contributed by atoms with Crippen molar-refractivity contribution in [3.8, 4) is 5.75 Å². The van der Waals surface area contributed by atoms with E-state index in [0.717, 1.165) is 44.3 Å².